The summed E-state index contributed by atoms with van der Waals surface area (Å²) >= 11 is 0. The lowest BCUT2D eigenvalue weighted by atomic mass is 9.62. The molecule has 1 atom stereocenters. The highest BCUT2D eigenvalue weighted by Crippen LogP contribution is 2.56. The van der Waals surface area contributed by atoms with E-state index < -0.39 is 0 Å². The van der Waals surface area contributed by atoms with E-state index >= 15 is 0 Å². The van der Waals surface area contributed by atoms with Gasteiger partial charge in [-0.2, -0.15) is 0 Å². The van der Waals surface area contributed by atoms with Crippen LogP contribution in [0.4, 0.5) is 0 Å². The van der Waals surface area contributed by atoms with Gasteiger partial charge in [0.25, 0.3) is 0 Å². The van der Waals surface area contributed by atoms with Crippen LogP contribution in [0.15, 0.2) is 60.7 Å². The first-order valence-electron chi connectivity index (χ1n) is 9.79. The summed E-state index contributed by atoms with van der Waals surface area (Å²) in [5.74, 6) is 0.341. The Kier molecular flexibility index (Phi) is 5.77. The van der Waals surface area contributed by atoms with Crippen LogP contribution in [0.25, 0.3) is 0 Å². The van der Waals surface area contributed by atoms with Crippen LogP contribution < -0.4 is 0 Å². The Labute approximate surface area is 157 Å². The summed E-state index contributed by atoms with van der Waals surface area (Å²) in [6.07, 6.45) is 1.93. The number of hydrogen-bond acceptors (Lipinski definition) is 2. The second kappa shape index (κ2) is 8.05. The van der Waals surface area contributed by atoms with Gasteiger partial charge in [0, 0.05) is 6.54 Å². The molecule has 2 fully saturated rings. The molecule has 0 aliphatic carbocycles. The molecule has 1 unspecified atom stereocenters. The standard InChI is InChI=1S/C21H24N2O.C2H6/c1-22-14-12-21(13-15-22)19(18-10-6-3-7-11-18)23(20(21)24)16-17-8-4-2-5-9-17;1-2/h2-11,19H,12-16H2,1H3;1-2H3. The SMILES string of the molecule is CC.CN1CCC2(CC1)C(=O)N(Cc1ccccc1)C2c1ccccc1. The Morgan fingerprint density at radius 1 is 0.923 bits per heavy atom. The van der Waals surface area contributed by atoms with Gasteiger partial charge in [-0.1, -0.05) is 74.5 Å². The van der Waals surface area contributed by atoms with Crippen LogP contribution in [0.1, 0.15) is 43.9 Å². The highest BCUT2D eigenvalue weighted by atomic mass is 16.2. The summed E-state index contributed by atoms with van der Waals surface area (Å²) in [6, 6.07) is 21.1. The number of piperidine rings is 1. The predicted octanol–water partition coefficient (Wildman–Crippen LogP) is 4.51. The molecule has 0 saturated carbocycles. The third-order valence-corrected chi connectivity index (χ3v) is 5.71. The van der Waals surface area contributed by atoms with Gasteiger partial charge in [0.15, 0.2) is 0 Å². The lowest BCUT2D eigenvalue weighted by Gasteiger charge is -2.59. The molecule has 2 saturated heterocycles. The molecule has 0 bridgehead atoms. The average molecular weight is 351 g/mol. The van der Waals surface area contributed by atoms with Gasteiger partial charge in [-0.3, -0.25) is 4.79 Å². The maximum Gasteiger partial charge on any atom is 0.232 e. The molecule has 3 heteroatoms. The van der Waals surface area contributed by atoms with E-state index in [0.717, 1.165) is 25.9 Å². The van der Waals surface area contributed by atoms with E-state index in [1.54, 1.807) is 0 Å². The first kappa shape index (κ1) is 18.7. The maximum atomic E-state index is 13.1. The highest BCUT2D eigenvalue weighted by molar-refractivity contribution is 5.91. The topological polar surface area (TPSA) is 23.6 Å². The van der Waals surface area contributed by atoms with E-state index in [0.29, 0.717) is 12.5 Å². The zero-order valence-corrected chi connectivity index (χ0v) is 16.2. The summed E-state index contributed by atoms with van der Waals surface area (Å²) in [4.78, 5) is 17.6. The van der Waals surface area contributed by atoms with Crippen molar-refractivity contribution < 1.29 is 4.79 Å². The van der Waals surface area contributed by atoms with Crippen molar-refractivity contribution in [3.05, 3.63) is 71.8 Å². The summed E-state index contributed by atoms with van der Waals surface area (Å²) in [6.45, 7) is 6.72. The zero-order valence-electron chi connectivity index (χ0n) is 16.2. The normalized spacial score (nSPS) is 21.7. The summed E-state index contributed by atoms with van der Waals surface area (Å²) < 4.78 is 0. The molecule has 4 rings (SSSR count). The first-order valence-corrected chi connectivity index (χ1v) is 9.79. The van der Waals surface area contributed by atoms with E-state index in [1.807, 2.05) is 38.1 Å². The van der Waals surface area contributed by atoms with Crippen LogP contribution in [0.3, 0.4) is 0 Å². The molecule has 2 aliphatic heterocycles. The quantitative estimate of drug-likeness (QED) is 0.761. The minimum Gasteiger partial charge on any atom is -0.330 e. The number of nitrogens with zero attached hydrogens (tertiary/aromatic N) is 2. The van der Waals surface area contributed by atoms with Crippen LogP contribution in [0.2, 0.25) is 0 Å². The van der Waals surface area contributed by atoms with Gasteiger partial charge in [-0.15, -0.1) is 0 Å². The predicted molar refractivity (Wildman–Crippen MR) is 107 cm³/mol. The highest BCUT2D eigenvalue weighted by Gasteiger charge is 2.60. The summed E-state index contributed by atoms with van der Waals surface area (Å²) in [7, 11) is 2.15. The molecule has 138 valence electrons. The van der Waals surface area contributed by atoms with Crippen molar-refractivity contribution in [2.45, 2.75) is 39.3 Å². The average Bonchev–Trinajstić information content (AvgIpc) is 2.71. The Bertz CT molecular complexity index is 706. The van der Waals surface area contributed by atoms with Crippen LogP contribution >= 0.6 is 0 Å². The molecule has 2 aromatic carbocycles. The number of hydrogen-bond donors (Lipinski definition) is 0. The van der Waals surface area contributed by atoms with Gasteiger partial charge in [-0.25, -0.2) is 0 Å². The van der Waals surface area contributed by atoms with Crippen LogP contribution in [-0.2, 0) is 11.3 Å². The van der Waals surface area contributed by atoms with E-state index in [4.69, 9.17) is 0 Å². The third kappa shape index (κ3) is 3.28. The lowest BCUT2D eigenvalue weighted by Crippen LogP contribution is -2.65. The molecule has 0 N–H and O–H groups in total. The summed E-state index contributed by atoms with van der Waals surface area (Å²) in [5, 5.41) is 0. The smallest absolute Gasteiger partial charge is 0.232 e. The number of benzene rings is 2. The zero-order chi connectivity index (χ0) is 18.6. The molecule has 0 aromatic heterocycles. The molecular weight excluding hydrogens is 320 g/mol. The molecular formula is C23H30N2O. The second-order valence-corrected chi connectivity index (χ2v) is 7.19. The lowest BCUT2D eigenvalue weighted by molar-refractivity contribution is -0.181. The van der Waals surface area contributed by atoms with E-state index in [1.165, 1.54) is 11.1 Å². The fourth-order valence-electron chi connectivity index (χ4n) is 4.33. The van der Waals surface area contributed by atoms with Gasteiger partial charge < -0.3 is 9.80 Å². The van der Waals surface area contributed by atoms with Gasteiger partial charge in [0.2, 0.25) is 5.91 Å². The number of carbonyl (C=O) groups is 1. The number of carbonyl (C=O) groups excluding carboxylic acids is 1. The molecule has 2 aromatic rings. The van der Waals surface area contributed by atoms with Gasteiger partial charge >= 0.3 is 0 Å². The van der Waals surface area contributed by atoms with Crippen molar-refractivity contribution in [2.24, 2.45) is 5.41 Å². The van der Waals surface area contributed by atoms with Crippen molar-refractivity contribution in [1.82, 2.24) is 9.80 Å². The Morgan fingerprint density at radius 2 is 1.46 bits per heavy atom. The first-order chi connectivity index (χ1) is 12.7. The number of likely N-dealkylation sites (tertiary alicyclic amines) is 2. The molecule has 1 amide bonds. The van der Waals surface area contributed by atoms with Crippen molar-refractivity contribution >= 4 is 5.91 Å². The van der Waals surface area contributed by atoms with Crippen molar-refractivity contribution in [2.75, 3.05) is 20.1 Å². The van der Waals surface area contributed by atoms with Crippen LogP contribution in [0.5, 0.6) is 0 Å². The van der Waals surface area contributed by atoms with E-state index in [-0.39, 0.29) is 11.5 Å². The molecule has 26 heavy (non-hydrogen) atoms. The second-order valence-electron chi connectivity index (χ2n) is 7.19. The maximum absolute atomic E-state index is 13.1. The molecule has 2 heterocycles. The number of β-lactam (4-membered cyclic amide) rings is 1. The van der Waals surface area contributed by atoms with E-state index in [9.17, 15) is 4.79 Å². The molecule has 3 nitrogen and oxygen atoms in total. The molecule has 2 aliphatic rings. The molecule has 0 radical (unpaired) electrons. The Hall–Kier alpha value is -2.13. The van der Waals surface area contributed by atoms with Crippen LogP contribution in [-0.4, -0.2) is 35.8 Å². The van der Waals surface area contributed by atoms with Gasteiger partial charge in [0.05, 0.1) is 11.5 Å². The van der Waals surface area contributed by atoms with Gasteiger partial charge in [-0.05, 0) is 44.1 Å². The van der Waals surface area contributed by atoms with Crippen molar-refractivity contribution in [3.8, 4) is 0 Å². The fourth-order valence-corrected chi connectivity index (χ4v) is 4.33. The molecule has 1 spiro atoms. The summed E-state index contributed by atoms with van der Waals surface area (Å²) in [5.41, 5.74) is 2.29. The minimum absolute atomic E-state index is 0.192. The van der Waals surface area contributed by atoms with Crippen molar-refractivity contribution in [3.63, 3.8) is 0 Å². The van der Waals surface area contributed by atoms with E-state index in [2.05, 4.69) is 53.2 Å². The Balaban J connectivity index is 0.000000948. The number of amides is 1. The minimum atomic E-state index is -0.192. The van der Waals surface area contributed by atoms with Crippen molar-refractivity contribution in [1.29, 1.82) is 0 Å². The Morgan fingerprint density at radius 3 is 2.04 bits per heavy atom. The number of rotatable bonds is 3. The van der Waals surface area contributed by atoms with Gasteiger partial charge in [0.1, 0.15) is 0 Å². The fraction of sp³-hybridized carbons (Fsp3) is 0.435. The largest absolute Gasteiger partial charge is 0.330 e. The third-order valence-electron chi connectivity index (χ3n) is 5.71. The monoisotopic (exact) mass is 350 g/mol. The van der Waals surface area contributed by atoms with Crippen LogP contribution in [0, 0.1) is 5.41 Å².